The van der Waals surface area contributed by atoms with E-state index in [9.17, 15) is 9.59 Å². The van der Waals surface area contributed by atoms with Gasteiger partial charge in [-0.3, -0.25) is 9.59 Å². The molecule has 206 valence electrons. The molecule has 9 nitrogen and oxygen atoms in total. The zero-order valence-corrected chi connectivity index (χ0v) is 22.6. The van der Waals surface area contributed by atoms with Crippen molar-refractivity contribution in [3.63, 3.8) is 0 Å². The van der Waals surface area contributed by atoms with Gasteiger partial charge in [0.1, 0.15) is 18.1 Å². The van der Waals surface area contributed by atoms with Crippen LogP contribution in [0.4, 0.5) is 0 Å². The highest BCUT2D eigenvalue weighted by Crippen LogP contribution is 2.34. The Morgan fingerprint density at radius 2 is 1.75 bits per heavy atom. The normalized spacial score (nSPS) is 15.3. The first-order valence-electron chi connectivity index (χ1n) is 13.9. The molecule has 1 aliphatic heterocycles. The number of ether oxygens (including phenoxy) is 2. The average Bonchev–Trinajstić information content (AvgIpc) is 3.75. The van der Waals surface area contributed by atoms with Gasteiger partial charge in [0, 0.05) is 12.6 Å². The van der Waals surface area contributed by atoms with Gasteiger partial charge in [-0.15, -0.1) is 5.10 Å². The molecular weight excluding hydrogens is 506 g/mol. The fourth-order valence-corrected chi connectivity index (χ4v) is 5.57. The zero-order chi connectivity index (χ0) is 27.5. The average molecular weight is 540 g/mol. The first kappa shape index (κ1) is 25.9. The van der Waals surface area contributed by atoms with E-state index in [2.05, 4.69) is 22.6 Å². The monoisotopic (exact) mass is 539 g/mol. The molecule has 0 spiro atoms. The molecule has 9 heteroatoms. The summed E-state index contributed by atoms with van der Waals surface area (Å²) >= 11 is 0. The summed E-state index contributed by atoms with van der Waals surface area (Å²) in [5.74, 6) is 0.890. The first-order chi connectivity index (χ1) is 19.6. The highest BCUT2D eigenvalue weighted by molar-refractivity contribution is 5.89. The van der Waals surface area contributed by atoms with Crippen LogP contribution in [0.3, 0.4) is 0 Å². The summed E-state index contributed by atoms with van der Waals surface area (Å²) in [5, 5.41) is 11.7. The number of fused-ring (bicyclic) bond motifs is 2. The van der Waals surface area contributed by atoms with Crippen LogP contribution in [-0.4, -0.2) is 44.5 Å². The van der Waals surface area contributed by atoms with Gasteiger partial charge in [0.05, 0.1) is 5.52 Å². The van der Waals surface area contributed by atoms with Crippen LogP contribution < -0.4 is 14.8 Å². The van der Waals surface area contributed by atoms with Crippen LogP contribution in [0.15, 0.2) is 66.7 Å². The third-order valence-electron chi connectivity index (χ3n) is 7.78. The standard InChI is InChI=1S/C31H33N5O4/c1-2-21-11-14-23(15-12-21)30(31(38)32-24-7-3-4-8-24)35(18-22-13-16-27-28(17-22)40-20-39-27)29(37)19-36-26-10-6-5-9-25(26)33-34-36/h5-6,9-17,24,30H,2-4,7-8,18-20H2,1H3,(H,32,38)/t30-/m0/s1. The molecule has 1 saturated carbocycles. The summed E-state index contributed by atoms with van der Waals surface area (Å²) in [6, 6.07) is 20.4. The fraction of sp³-hybridized carbons (Fsp3) is 0.355. The lowest BCUT2D eigenvalue weighted by Crippen LogP contribution is -2.46. The maximum absolute atomic E-state index is 14.2. The number of hydrogen-bond donors (Lipinski definition) is 1. The quantitative estimate of drug-likeness (QED) is 0.335. The fourth-order valence-electron chi connectivity index (χ4n) is 5.57. The molecule has 1 aliphatic carbocycles. The number of carbonyl (C=O) groups is 2. The highest BCUT2D eigenvalue weighted by Gasteiger charge is 2.34. The molecule has 40 heavy (non-hydrogen) atoms. The minimum Gasteiger partial charge on any atom is -0.454 e. The Bertz CT molecular complexity index is 1510. The molecule has 1 aromatic heterocycles. The molecule has 0 radical (unpaired) electrons. The predicted octanol–water partition coefficient (Wildman–Crippen LogP) is 4.55. The molecule has 4 aromatic rings. The van der Waals surface area contributed by atoms with Crippen molar-refractivity contribution in [2.75, 3.05) is 6.79 Å². The Labute approximate surface area is 233 Å². The lowest BCUT2D eigenvalue weighted by molar-refractivity contribution is -0.142. The van der Waals surface area contributed by atoms with Crippen molar-refractivity contribution in [3.05, 3.63) is 83.4 Å². The van der Waals surface area contributed by atoms with Crippen molar-refractivity contribution in [2.45, 2.75) is 64.2 Å². The van der Waals surface area contributed by atoms with Crippen molar-refractivity contribution in [1.29, 1.82) is 0 Å². The maximum atomic E-state index is 14.2. The number of nitrogens with one attached hydrogen (secondary N) is 1. The van der Waals surface area contributed by atoms with E-state index in [-0.39, 0.29) is 37.7 Å². The molecule has 6 rings (SSSR count). The second-order valence-electron chi connectivity index (χ2n) is 10.4. The third-order valence-corrected chi connectivity index (χ3v) is 7.78. The minimum absolute atomic E-state index is 0.0503. The number of rotatable bonds is 9. The molecule has 1 N–H and O–H groups in total. The number of aryl methyl sites for hydroxylation is 1. The molecule has 0 bridgehead atoms. The number of para-hydroxylation sites is 1. The van der Waals surface area contributed by atoms with Gasteiger partial charge in [-0.1, -0.05) is 67.4 Å². The van der Waals surface area contributed by atoms with Gasteiger partial charge >= 0.3 is 0 Å². The minimum atomic E-state index is -0.820. The van der Waals surface area contributed by atoms with Crippen molar-refractivity contribution < 1.29 is 19.1 Å². The number of carbonyl (C=O) groups excluding carboxylic acids is 2. The molecule has 0 unspecified atom stereocenters. The Morgan fingerprint density at radius 3 is 2.55 bits per heavy atom. The lowest BCUT2D eigenvalue weighted by atomic mass is 10.00. The molecule has 2 heterocycles. The van der Waals surface area contributed by atoms with Crippen LogP contribution in [0, 0.1) is 0 Å². The Morgan fingerprint density at radius 1 is 1.00 bits per heavy atom. The van der Waals surface area contributed by atoms with Crippen LogP contribution in [0.5, 0.6) is 11.5 Å². The molecule has 0 saturated heterocycles. The van der Waals surface area contributed by atoms with Gasteiger partial charge in [-0.2, -0.15) is 0 Å². The summed E-state index contributed by atoms with van der Waals surface area (Å²) in [7, 11) is 0. The van der Waals surface area contributed by atoms with Crippen molar-refractivity contribution in [3.8, 4) is 11.5 Å². The van der Waals surface area contributed by atoms with E-state index in [0.29, 0.717) is 17.0 Å². The summed E-state index contributed by atoms with van der Waals surface area (Å²) in [4.78, 5) is 29.8. The number of benzene rings is 3. The van der Waals surface area contributed by atoms with E-state index in [1.165, 1.54) is 5.56 Å². The van der Waals surface area contributed by atoms with Crippen molar-refractivity contribution in [1.82, 2.24) is 25.2 Å². The smallest absolute Gasteiger partial charge is 0.247 e. The van der Waals surface area contributed by atoms with E-state index in [4.69, 9.17) is 9.47 Å². The zero-order valence-electron chi connectivity index (χ0n) is 22.6. The molecule has 3 aromatic carbocycles. The van der Waals surface area contributed by atoms with Gasteiger partial charge in [-0.05, 0) is 60.2 Å². The highest BCUT2D eigenvalue weighted by atomic mass is 16.7. The summed E-state index contributed by atoms with van der Waals surface area (Å²) < 4.78 is 12.7. The molecule has 1 atom stereocenters. The Balaban J connectivity index is 1.38. The summed E-state index contributed by atoms with van der Waals surface area (Å²) in [6.45, 7) is 2.42. The third kappa shape index (κ3) is 5.36. The number of nitrogens with zero attached hydrogens (tertiary/aromatic N) is 4. The largest absolute Gasteiger partial charge is 0.454 e. The Kier molecular flexibility index (Phi) is 7.35. The van der Waals surface area contributed by atoms with Gasteiger partial charge in [0.15, 0.2) is 11.5 Å². The van der Waals surface area contributed by atoms with E-state index in [1.807, 2.05) is 66.7 Å². The molecular formula is C31H33N5O4. The summed E-state index contributed by atoms with van der Waals surface area (Å²) in [5.41, 5.74) is 4.25. The van der Waals surface area contributed by atoms with Gasteiger partial charge in [0.2, 0.25) is 18.6 Å². The van der Waals surface area contributed by atoms with Crippen molar-refractivity contribution in [2.24, 2.45) is 0 Å². The van der Waals surface area contributed by atoms with E-state index in [0.717, 1.165) is 48.7 Å². The topological polar surface area (TPSA) is 98.6 Å². The lowest BCUT2D eigenvalue weighted by Gasteiger charge is -2.32. The van der Waals surface area contributed by atoms with Gasteiger partial charge in [0.25, 0.3) is 0 Å². The van der Waals surface area contributed by atoms with Crippen LogP contribution in [-0.2, 0) is 29.1 Å². The summed E-state index contributed by atoms with van der Waals surface area (Å²) in [6.07, 6.45) is 4.99. The van der Waals surface area contributed by atoms with E-state index >= 15 is 0 Å². The molecule has 2 amide bonds. The number of amides is 2. The maximum Gasteiger partial charge on any atom is 0.247 e. The predicted molar refractivity (Wildman–Crippen MR) is 150 cm³/mol. The van der Waals surface area contributed by atoms with Crippen LogP contribution in [0.25, 0.3) is 11.0 Å². The second-order valence-corrected chi connectivity index (χ2v) is 10.4. The van der Waals surface area contributed by atoms with Crippen molar-refractivity contribution >= 4 is 22.8 Å². The molecule has 1 fully saturated rings. The number of aromatic nitrogens is 3. The van der Waals surface area contributed by atoms with Crippen LogP contribution in [0.2, 0.25) is 0 Å². The SMILES string of the molecule is CCc1ccc([C@@H](C(=O)NC2CCCC2)N(Cc2ccc3c(c2)OCO3)C(=O)Cn2nnc3ccccc32)cc1. The first-order valence-corrected chi connectivity index (χ1v) is 13.9. The van der Waals surface area contributed by atoms with Crippen LogP contribution >= 0.6 is 0 Å². The van der Waals surface area contributed by atoms with Crippen LogP contribution in [0.1, 0.15) is 55.3 Å². The second kappa shape index (κ2) is 11.4. The van der Waals surface area contributed by atoms with Gasteiger partial charge < -0.3 is 19.7 Å². The van der Waals surface area contributed by atoms with E-state index < -0.39 is 6.04 Å². The van der Waals surface area contributed by atoms with Gasteiger partial charge in [-0.25, -0.2) is 4.68 Å². The number of hydrogen-bond acceptors (Lipinski definition) is 6. The van der Waals surface area contributed by atoms with E-state index in [1.54, 1.807) is 9.58 Å². The molecule has 2 aliphatic rings. The Hall–Kier alpha value is -4.40.